The van der Waals surface area contributed by atoms with E-state index in [4.69, 9.17) is 0 Å². The fourth-order valence-corrected chi connectivity index (χ4v) is 4.91. The van der Waals surface area contributed by atoms with Crippen molar-refractivity contribution in [1.82, 2.24) is 29.9 Å². The monoisotopic (exact) mass is 618 g/mol. The predicted octanol–water partition coefficient (Wildman–Crippen LogP) is -1.86. The molecule has 44 heavy (non-hydrogen) atoms. The number of imide groups is 1. The molecular weight excluding hydrogens is 584 g/mol. The first-order valence-electron chi connectivity index (χ1n) is 13.7. The van der Waals surface area contributed by atoms with Crippen LogP contribution in [0.25, 0.3) is 0 Å². The van der Waals surface area contributed by atoms with Crippen molar-refractivity contribution in [3.8, 4) is 0 Å². The van der Waals surface area contributed by atoms with Crippen molar-refractivity contribution >= 4 is 41.6 Å². The van der Waals surface area contributed by atoms with Gasteiger partial charge in [0.05, 0.1) is 30.9 Å². The van der Waals surface area contributed by atoms with E-state index in [1.54, 1.807) is 0 Å². The number of nitrogens with zero attached hydrogens (tertiary/aromatic N) is 5. The van der Waals surface area contributed by atoms with Crippen LogP contribution >= 0.6 is 0 Å². The third-order valence-electron chi connectivity index (χ3n) is 6.93. The highest BCUT2D eigenvalue weighted by Crippen LogP contribution is 2.15. The van der Waals surface area contributed by atoms with E-state index < -0.39 is 67.2 Å². The molecule has 0 aliphatic carbocycles. The van der Waals surface area contributed by atoms with Crippen LogP contribution in [0.4, 0.5) is 0 Å². The van der Waals surface area contributed by atoms with Gasteiger partial charge in [0, 0.05) is 70.1 Å². The van der Waals surface area contributed by atoms with Crippen molar-refractivity contribution < 1.29 is 54.0 Å². The highest BCUT2D eigenvalue weighted by Gasteiger charge is 2.30. The molecule has 1 unspecified atom stereocenters. The third-order valence-corrected chi connectivity index (χ3v) is 6.93. The molecule has 3 heterocycles. The van der Waals surface area contributed by atoms with Gasteiger partial charge in [0.1, 0.15) is 6.04 Å². The van der Waals surface area contributed by atoms with Crippen LogP contribution in [0.1, 0.15) is 34.6 Å². The van der Waals surface area contributed by atoms with Gasteiger partial charge in [-0.3, -0.25) is 58.1 Å². The van der Waals surface area contributed by atoms with Crippen molar-refractivity contribution in [3.63, 3.8) is 0 Å². The van der Waals surface area contributed by atoms with E-state index in [0.29, 0.717) is 17.8 Å². The summed E-state index contributed by atoms with van der Waals surface area (Å²) in [5.74, 6) is -6.43. The van der Waals surface area contributed by atoms with Gasteiger partial charge in [-0.15, -0.1) is 0 Å². The zero-order valence-corrected chi connectivity index (χ0v) is 23.8. The summed E-state index contributed by atoms with van der Waals surface area (Å²) in [6.07, 6.45) is 1.91. The number of aromatic nitrogens is 1. The van der Waals surface area contributed by atoms with Crippen LogP contribution in [0, 0.1) is 0 Å². The Morgan fingerprint density at radius 2 is 1.32 bits per heavy atom. The Morgan fingerprint density at radius 3 is 1.77 bits per heavy atom. The number of fused-ring (bicyclic) bond motifs is 2. The number of hydrogen-bond donors (Lipinski definition) is 5. The minimum Gasteiger partial charge on any atom is -0.481 e. The molecule has 1 aromatic heterocycles. The molecule has 0 radical (unpaired) electrons. The van der Waals surface area contributed by atoms with Crippen LogP contribution in [0.2, 0.25) is 0 Å². The summed E-state index contributed by atoms with van der Waals surface area (Å²) in [5.41, 5.74) is 0.781. The van der Waals surface area contributed by atoms with E-state index in [2.05, 4.69) is 10.3 Å². The summed E-state index contributed by atoms with van der Waals surface area (Å²) in [6, 6.07) is 1.49. The number of carboxylic acids is 4. The highest BCUT2D eigenvalue weighted by atomic mass is 16.4. The van der Waals surface area contributed by atoms with Gasteiger partial charge in [-0.25, -0.2) is 0 Å². The van der Waals surface area contributed by atoms with E-state index in [1.165, 1.54) is 39.0 Å². The normalized spacial score (nSPS) is 17.5. The van der Waals surface area contributed by atoms with Crippen molar-refractivity contribution in [2.45, 2.75) is 32.0 Å². The second-order valence-corrected chi connectivity index (χ2v) is 10.3. The van der Waals surface area contributed by atoms with Gasteiger partial charge in [-0.05, 0) is 18.6 Å². The minimum atomic E-state index is -1.43. The molecule has 1 aromatic rings. The average molecular weight is 619 g/mol. The quantitative estimate of drug-likeness (QED) is 0.120. The predicted molar refractivity (Wildman–Crippen MR) is 148 cm³/mol. The molecule has 0 aromatic carbocycles. The Morgan fingerprint density at radius 1 is 0.795 bits per heavy atom. The van der Waals surface area contributed by atoms with Crippen LogP contribution in [0.15, 0.2) is 24.3 Å². The van der Waals surface area contributed by atoms with Gasteiger partial charge in [0.25, 0.3) is 17.7 Å². The maximum Gasteiger partial charge on any atom is 0.321 e. The first kappa shape index (κ1) is 33.8. The Hall–Kier alpha value is -4.74. The van der Waals surface area contributed by atoms with E-state index in [0.717, 1.165) is 4.90 Å². The van der Waals surface area contributed by atoms with Gasteiger partial charge < -0.3 is 25.7 Å². The second kappa shape index (κ2) is 15.6. The summed E-state index contributed by atoms with van der Waals surface area (Å²) in [5, 5.41) is 40.7. The Balaban J connectivity index is 1.84. The Kier molecular flexibility index (Phi) is 12.0. The zero-order valence-electron chi connectivity index (χ0n) is 23.8. The Labute approximate surface area is 251 Å². The molecule has 3 amide bonds. The minimum absolute atomic E-state index is 0.00483. The van der Waals surface area contributed by atoms with E-state index in [9.17, 15) is 54.0 Å². The molecule has 0 saturated heterocycles. The summed E-state index contributed by atoms with van der Waals surface area (Å²) in [4.78, 5) is 92.9. The zero-order chi connectivity index (χ0) is 32.4. The molecule has 0 fully saturated rings. The number of carbonyl (C=O) groups is 7. The molecule has 0 saturated carbocycles. The SMILES string of the molecule is O=C(O)CC(C(=O)O)N1CCN(CC(=O)O)Cc2cc(C(=O)NCCCN3C(=O)C=CC3=O)cc(n2)CN(CC(=O)O)CC1. The van der Waals surface area contributed by atoms with Crippen molar-refractivity contribution in [3.05, 3.63) is 41.2 Å². The molecule has 0 spiro atoms. The van der Waals surface area contributed by atoms with Crippen LogP contribution in [-0.4, -0.2) is 145 Å². The molecular formula is C27H34N6O11. The molecule has 2 bridgehead atoms. The smallest absolute Gasteiger partial charge is 0.321 e. The van der Waals surface area contributed by atoms with E-state index in [1.807, 2.05) is 0 Å². The number of hydrogen-bond acceptors (Lipinski definition) is 11. The highest BCUT2D eigenvalue weighted by molar-refractivity contribution is 6.12. The maximum absolute atomic E-state index is 13.1. The van der Waals surface area contributed by atoms with Gasteiger partial charge in [-0.2, -0.15) is 0 Å². The van der Waals surface area contributed by atoms with Gasteiger partial charge in [0.15, 0.2) is 0 Å². The molecule has 17 nitrogen and oxygen atoms in total. The molecule has 5 N–H and O–H groups in total. The fourth-order valence-electron chi connectivity index (χ4n) is 4.91. The lowest BCUT2D eigenvalue weighted by atomic mass is 10.1. The number of pyridine rings is 1. The summed E-state index contributed by atoms with van der Waals surface area (Å²) in [7, 11) is 0. The molecule has 3 rings (SSSR count). The molecule has 2 aliphatic heterocycles. The molecule has 17 heteroatoms. The van der Waals surface area contributed by atoms with Gasteiger partial charge in [0.2, 0.25) is 0 Å². The topological polar surface area (TPSA) is 238 Å². The summed E-state index contributed by atoms with van der Waals surface area (Å²) in [6.45, 7) is -0.847. The Bertz CT molecular complexity index is 1270. The molecule has 1 atom stereocenters. The van der Waals surface area contributed by atoms with Crippen molar-refractivity contribution in [2.75, 3.05) is 52.4 Å². The first-order chi connectivity index (χ1) is 20.8. The molecule has 238 valence electrons. The largest absolute Gasteiger partial charge is 0.481 e. The standard InChI is InChI=1S/C27H34N6O11/c34-21-2-3-22(35)33(21)5-1-4-28-26(42)17-10-18-13-30(15-24(38)39)6-8-32(20(27(43)44)12-23(36)37)9-7-31(16-25(40)41)14-19(11-17)29-18/h2-3,10-11,20H,1,4-9,12-16H2,(H,28,42)(H,36,37)(H,38,39)(H,40,41)(H,43,44). The average Bonchev–Trinajstić information content (AvgIpc) is 3.24. The summed E-state index contributed by atoms with van der Waals surface area (Å²) < 4.78 is 0. The van der Waals surface area contributed by atoms with Gasteiger partial charge in [-0.1, -0.05) is 0 Å². The van der Waals surface area contributed by atoms with Gasteiger partial charge >= 0.3 is 23.9 Å². The van der Waals surface area contributed by atoms with Crippen LogP contribution in [0.3, 0.4) is 0 Å². The van der Waals surface area contributed by atoms with Crippen LogP contribution in [0.5, 0.6) is 0 Å². The number of aliphatic carboxylic acids is 4. The van der Waals surface area contributed by atoms with Crippen LogP contribution < -0.4 is 5.32 Å². The van der Waals surface area contributed by atoms with E-state index >= 15 is 0 Å². The van der Waals surface area contributed by atoms with E-state index in [-0.39, 0.29) is 57.9 Å². The van der Waals surface area contributed by atoms with Crippen LogP contribution in [-0.2, 0) is 41.9 Å². The molecule has 2 aliphatic rings. The number of amides is 3. The number of carboxylic acid groups (broad SMARTS) is 4. The number of carbonyl (C=O) groups excluding carboxylic acids is 3. The van der Waals surface area contributed by atoms with Crippen molar-refractivity contribution in [1.29, 1.82) is 0 Å². The lowest BCUT2D eigenvalue weighted by Gasteiger charge is -2.33. The third kappa shape index (κ3) is 10.2. The second-order valence-electron chi connectivity index (χ2n) is 10.3. The number of rotatable bonds is 13. The lowest BCUT2D eigenvalue weighted by molar-refractivity contribution is -0.150. The maximum atomic E-state index is 13.1. The fraction of sp³-hybridized carbons (Fsp3) is 0.481. The summed E-state index contributed by atoms with van der Waals surface area (Å²) >= 11 is 0. The lowest BCUT2D eigenvalue weighted by Crippen LogP contribution is -2.49. The van der Waals surface area contributed by atoms with Crippen molar-refractivity contribution in [2.24, 2.45) is 0 Å². The first-order valence-corrected chi connectivity index (χ1v) is 13.7. The number of nitrogens with one attached hydrogen (secondary N) is 1.